The van der Waals surface area contributed by atoms with Crippen molar-refractivity contribution < 1.29 is 15.1 Å². The summed E-state index contributed by atoms with van der Waals surface area (Å²) in [5.41, 5.74) is -0.729. The highest BCUT2D eigenvalue weighted by molar-refractivity contribution is 9.10. The normalized spacial score (nSPS) is 47.1. The number of rotatable bonds is 1. The molecule has 0 saturated carbocycles. The highest BCUT2D eigenvalue weighted by atomic mass is 79.9. The molecule has 1 aliphatic heterocycles. The van der Waals surface area contributed by atoms with Gasteiger partial charge < -0.3 is 4.90 Å². The highest BCUT2D eigenvalue weighted by Gasteiger charge is 2.11. The summed E-state index contributed by atoms with van der Waals surface area (Å²) in [7, 11) is 0. The van der Waals surface area contributed by atoms with Gasteiger partial charge in [0.15, 0.2) is 0 Å². The van der Waals surface area contributed by atoms with Gasteiger partial charge in [0.1, 0.15) is 0 Å². The van der Waals surface area contributed by atoms with E-state index >= 15 is 0 Å². The van der Waals surface area contributed by atoms with Crippen LogP contribution in [0.15, 0.2) is 22.9 Å². The van der Waals surface area contributed by atoms with Crippen molar-refractivity contribution in [3.05, 3.63) is 22.9 Å². The van der Waals surface area contributed by atoms with E-state index in [9.17, 15) is 0 Å². The molecule has 0 amide bonds. The van der Waals surface area contributed by atoms with E-state index in [1.54, 1.807) is 0 Å². The average Bonchev–Trinajstić information content (AvgIpc) is 2.45. The van der Waals surface area contributed by atoms with Crippen LogP contribution < -0.4 is 4.90 Å². The Morgan fingerprint density at radius 2 is 2.25 bits per heavy atom. The molecule has 1 saturated heterocycles. The Morgan fingerprint density at radius 1 is 1.50 bits per heavy atom. The van der Waals surface area contributed by atoms with Gasteiger partial charge in [-0.1, -0.05) is 0 Å². The zero-order valence-electron chi connectivity index (χ0n) is 16.8. The van der Waals surface area contributed by atoms with Crippen molar-refractivity contribution in [1.82, 2.24) is 4.98 Å². The van der Waals surface area contributed by atoms with Crippen molar-refractivity contribution in [2.75, 3.05) is 17.9 Å². The number of halogens is 1. The van der Waals surface area contributed by atoms with E-state index in [4.69, 9.17) is 15.1 Å². The predicted octanol–water partition coefficient (Wildman–Crippen LogP) is 2.44. The molecular formula is C9H11BrN2. The number of pyridine rings is 1. The lowest BCUT2D eigenvalue weighted by Gasteiger charge is -2.16. The molecule has 12 heavy (non-hydrogen) atoms. The number of anilines is 1. The monoisotopic (exact) mass is 237 g/mol. The molecule has 0 aromatic carbocycles. The van der Waals surface area contributed by atoms with Crippen LogP contribution in [0.25, 0.3) is 0 Å². The van der Waals surface area contributed by atoms with Crippen LogP contribution in [0.3, 0.4) is 0 Å². The number of nitrogens with zero attached hydrogens (tertiary/aromatic N) is 2. The minimum Gasteiger partial charge on any atom is -0.370 e. The van der Waals surface area contributed by atoms with Gasteiger partial charge in [-0.05, 0) is 34.7 Å². The van der Waals surface area contributed by atoms with Crippen LogP contribution in [0.5, 0.6) is 0 Å². The first kappa shape index (κ1) is 2.27. The first-order valence-corrected chi connectivity index (χ1v) is 3.85. The summed E-state index contributed by atoms with van der Waals surface area (Å²) < 4.78 is 85.3. The van der Waals surface area contributed by atoms with Crippen molar-refractivity contribution in [2.24, 2.45) is 0 Å². The Labute approximate surface area is 96.2 Å². The first-order valence-electron chi connectivity index (χ1n) is 8.56. The molecule has 0 atom stereocenters. The van der Waals surface area contributed by atoms with Crippen molar-refractivity contribution >= 4 is 21.6 Å². The molecule has 0 N–H and O–H groups in total. The summed E-state index contributed by atoms with van der Waals surface area (Å²) >= 11 is 2.86. The van der Waals surface area contributed by atoms with E-state index in [1.807, 2.05) is 0 Å². The fourth-order valence-electron chi connectivity index (χ4n) is 0.703. The zero-order chi connectivity index (χ0) is 18.2. The number of aromatic nitrogens is 1. The smallest absolute Gasteiger partial charge is 0.0862 e. The van der Waals surface area contributed by atoms with E-state index in [0.29, 0.717) is 0 Å². The van der Waals surface area contributed by atoms with Crippen LogP contribution in [0.1, 0.15) is 27.8 Å². The molecule has 2 heterocycles. The maximum Gasteiger partial charge on any atom is 0.0862 e. The van der Waals surface area contributed by atoms with Gasteiger partial charge in [0.25, 0.3) is 0 Å². The van der Waals surface area contributed by atoms with Crippen LogP contribution >= 0.6 is 15.9 Å². The van der Waals surface area contributed by atoms with E-state index in [0.717, 1.165) is 0 Å². The van der Waals surface area contributed by atoms with Crippen molar-refractivity contribution in [3.8, 4) is 0 Å². The summed E-state index contributed by atoms with van der Waals surface area (Å²) in [5, 5.41) is 0. The average molecular weight is 238 g/mol. The minimum atomic E-state index is -3.27. The van der Waals surface area contributed by atoms with Crippen LogP contribution in [0.4, 0.5) is 5.69 Å². The predicted molar refractivity (Wildman–Crippen MR) is 53.4 cm³/mol. The van der Waals surface area contributed by atoms with Gasteiger partial charge in [-0.2, -0.15) is 0 Å². The topological polar surface area (TPSA) is 16.1 Å². The summed E-state index contributed by atoms with van der Waals surface area (Å²) in [6.07, 6.45) is -7.84. The SMILES string of the molecule is [2H]c1nc([2H])c(N2C([2H])([2H])C([2H])([2H])C([2H])([2H])C2([2H])[2H])c([2H])c1Br. The molecule has 1 aromatic heterocycles. The fraction of sp³-hybridized carbons (Fsp3) is 0.444. The first-order chi connectivity index (χ1) is 10.1. The van der Waals surface area contributed by atoms with Gasteiger partial charge in [0.05, 0.1) is 16.0 Å². The molecule has 3 heteroatoms. The zero-order valence-corrected chi connectivity index (χ0v) is 7.36. The Morgan fingerprint density at radius 3 is 3.00 bits per heavy atom. The Balaban J connectivity index is 2.86. The minimum absolute atomic E-state index is 0.0991. The molecule has 2 nitrogen and oxygen atoms in total. The lowest BCUT2D eigenvalue weighted by atomic mass is 10.4. The van der Waals surface area contributed by atoms with Crippen molar-refractivity contribution in [1.29, 1.82) is 0 Å². The van der Waals surface area contributed by atoms with Gasteiger partial charge in [0, 0.05) is 34.6 Å². The van der Waals surface area contributed by atoms with Crippen LogP contribution in [-0.2, 0) is 0 Å². The number of hydrogen-bond donors (Lipinski definition) is 0. The van der Waals surface area contributed by atoms with E-state index in [2.05, 4.69) is 20.9 Å². The molecule has 1 fully saturated rings. The largest absolute Gasteiger partial charge is 0.370 e. The van der Waals surface area contributed by atoms with Crippen LogP contribution in [0, 0.1) is 0 Å². The molecule has 0 aliphatic carbocycles. The molecular weight excluding hydrogens is 216 g/mol. The molecule has 0 bridgehead atoms. The highest BCUT2D eigenvalue weighted by Crippen LogP contribution is 2.21. The van der Waals surface area contributed by atoms with Gasteiger partial charge >= 0.3 is 0 Å². The van der Waals surface area contributed by atoms with Crippen LogP contribution in [-0.4, -0.2) is 18.0 Å². The third-order valence-corrected chi connectivity index (χ3v) is 1.54. The molecule has 0 spiro atoms. The van der Waals surface area contributed by atoms with E-state index in [-0.39, 0.29) is 9.37 Å². The summed E-state index contributed by atoms with van der Waals surface area (Å²) in [4.78, 5) is 3.55. The van der Waals surface area contributed by atoms with Gasteiger partial charge in [0.2, 0.25) is 0 Å². The van der Waals surface area contributed by atoms with Crippen LogP contribution in [0.2, 0.25) is 0 Å². The molecule has 1 aliphatic rings. The number of hydrogen-bond acceptors (Lipinski definition) is 2. The third-order valence-electron chi connectivity index (χ3n) is 1.17. The fourth-order valence-corrected chi connectivity index (χ4v) is 0.980. The second kappa shape index (κ2) is 3.44. The molecule has 0 unspecified atom stereocenters. The Bertz CT molecular complexity index is 648. The van der Waals surface area contributed by atoms with Crippen molar-refractivity contribution in [3.63, 3.8) is 0 Å². The Kier molecular flexibility index (Phi) is 0.649. The maximum atomic E-state index is 7.91. The lowest BCUT2D eigenvalue weighted by molar-refractivity contribution is 0.949. The van der Waals surface area contributed by atoms with Gasteiger partial charge in [-0.3, -0.25) is 4.98 Å². The summed E-state index contributed by atoms with van der Waals surface area (Å²) in [6.45, 7) is -6.40. The quantitative estimate of drug-likeness (QED) is 0.747. The third kappa shape index (κ3) is 1.61. The second-order valence-corrected chi connectivity index (χ2v) is 2.73. The van der Waals surface area contributed by atoms with Gasteiger partial charge in [-0.15, -0.1) is 0 Å². The standard InChI is InChI=1S/C9H11BrN2/c10-8-5-9(7-11-6-8)12-3-1-2-4-12/h5-7H,1-4H2/i1D2,2D2,3D2,4D2,5D,6D,7D. The molecule has 2 rings (SSSR count). The summed E-state index contributed by atoms with van der Waals surface area (Å²) in [6, 6.07) is -0.642. The molecule has 1 aromatic rings. The van der Waals surface area contributed by atoms with E-state index in [1.165, 1.54) is 0 Å². The Hall–Kier alpha value is -0.570. The van der Waals surface area contributed by atoms with Crippen molar-refractivity contribution in [2.45, 2.75) is 12.7 Å². The second-order valence-electron chi connectivity index (χ2n) is 1.93. The lowest BCUT2D eigenvalue weighted by Crippen LogP contribution is -2.17. The summed E-state index contributed by atoms with van der Waals surface area (Å²) in [5.74, 6) is 0. The molecule has 64 valence electrons. The molecule has 0 radical (unpaired) electrons. The van der Waals surface area contributed by atoms with Gasteiger partial charge in [-0.25, -0.2) is 0 Å². The van der Waals surface area contributed by atoms with E-state index < -0.39 is 49.8 Å². The maximum absolute atomic E-state index is 7.91.